The molecule has 1 aliphatic carbocycles. The minimum absolute atomic E-state index is 0.411. The highest BCUT2D eigenvalue weighted by Crippen LogP contribution is 2.32. The van der Waals surface area contributed by atoms with E-state index >= 15 is 0 Å². The second-order valence-electron chi connectivity index (χ2n) is 3.88. The van der Waals surface area contributed by atoms with E-state index in [0.717, 1.165) is 18.9 Å². The first-order chi connectivity index (χ1) is 5.36. The minimum atomic E-state index is 0.411. The fourth-order valence-electron chi connectivity index (χ4n) is 2.34. The lowest BCUT2D eigenvalue weighted by atomic mass is 9.80. The van der Waals surface area contributed by atoms with Crippen LogP contribution in [0.25, 0.3) is 0 Å². The molecule has 1 saturated carbocycles. The van der Waals surface area contributed by atoms with E-state index in [1.165, 1.54) is 25.7 Å². The number of hydrogen-bond donors (Lipinski definition) is 1. The predicted octanol–water partition coefficient (Wildman–Crippen LogP) is 1.29. The van der Waals surface area contributed by atoms with Crippen molar-refractivity contribution in [3.63, 3.8) is 0 Å². The lowest BCUT2D eigenvalue weighted by molar-refractivity contribution is -0.0509. The summed E-state index contributed by atoms with van der Waals surface area (Å²) in [5, 5.41) is 0. The molecule has 2 fully saturated rings. The Kier molecular flexibility index (Phi) is 2.14. The average molecular weight is 155 g/mol. The first-order valence-corrected chi connectivity index (χ1v) is 4.73. The average Bonchev–Trinajstić information content (AvgIpc) is 2.04. The van der Waals surface area contributed by atoms with Gasteiger partial charge in [-0.05, 0) is 38.0 Å². The summed E-state index contributed by atoms with van der Waals surface area (Å²) < 4.78 is 5.67. The van der Waals surface area contributed by atoms with Crippen molar-refractivity contribution in [2.45, 2.75) is 44.2 Å². The van der Waals surface area contributed by atoms with Crippen LogP contribution in [-0.4, -0.2) is 18.8 Å². The molecule has 0 bridgehead atoms. The quantitative estimate of drug-likeness (QED) is 0.572. The van der Waals surface area contributed by atoms with Crippen LogP contribution >= 0.6 is 0 Å². The normalized spacial score (nSPS) is 45.0. The van der Waals surface area contributed by atoms with Crippen LogP contribution in [0.4, 0.5) is 0 Å². The Morgan fingerprint density at radius 3 is 3.00 bits per heavy atom. The van der Waals surface area contributed by atoms with Crippen molar-refractivity contribution >= 4 is 0 Å². The molecule has 1 saturated heterocycles. The van der Waals surface area contributed by atoms with Crippen LogP contribution < -0.4 is 5.73 Å². The van der Waals surface area contributed by atoms with Crippen molar-refractivity contribution in [3.05, 3.63) is 0 Å². The number of rotatable bonds is 0. The molecule has 11 heavy (non-hydrogen) atoms. The van der Waals surface area contributed by atoms with Crippen molar-refractivity contribution in [1.29, 1.82) is 0 Å². The van der Waals surface area contributed by atoms with Gasteiger partial charge < -0.3 is 10.5 Å². The Hall–Kier alpha value is -0.0800. The van der Waals surface area contributed by atoms with E-state index in [1.54, 1.807) is 0 Å². The SMILES string of the molecule is NC1CCC2CCCOC2C1. The van der Waals surface area contributed by atoms with Crippen molar-refractivity contribution in [2.75, 3.05) is 6.61 Å². The predicted molar refractivity (Wildman–Crippen MR) is 44.3 cm³/mol. The highest BCUT2D eigenvalue weighted by molar-refractivity contribution is 4.84. The van der Waals surface area contributed by atoms with E-state index < -0.39 is 0 Å². The van der Waals surface area contributed by atoms with Gasteiger partial charge in [0.25, 0.3) is 0 Å². The van der Waals surface area contributed by atoms with E-state index in [-0.39, 0.29) is 0 Å². The van der Waals surface area contributed by atoms with Crippen molar-refractivity contribution in [3.8, 4) is 0 Å². The summed E-state index contributed by atoms with van der Waals surface area (Å²) >= 11 is 0. The van der Waals surface area contributed by atoms with E-state index in [4.69, 9.17) is 10.5 Å². The Labute approximate surface area is 68.1 Å². The Morgan fingerprint density at radius 1 is 1.18 bits per heavy atom. The van der Waals surface area contributed by atoms with Gasteiger partial charge in [-0.15, -0.1) is 0 Å². The summed E-state index contributed by atoms with van der Waals surface area (Å²) in [5.74, 6) is 0.837. The summed E-state index contributed by atoms with van der Waals surface area (Å²) in [4.78, 5) is 0. The molecule has 2 heteroatoms. The third kappa shape index (κ3) is 1.57. The highest BCUT2D eigenvalue weighted by atomic mass is 16.5. The van der Waals surface area contributed by atoms with Gasteiger partial charge in [-0.1, -0.05) is 0 Å². The molecule has 0 aromatic rings. The van der Waals surface area contributed by atoms with Gasteiger partial charge in [0.15, 0.2) is 0 Å². The largest absolute Gasteiger partial charge is 0.378 e. The second kappa shape index (κ2) is 3.11. The topological polar surface area (TPSA) is 35.2 Å². The molecule has 2 N–H and O–H groups in total. The third-order valence-corrected chi connectivity index (χ3v) is 3.02. The molecule has 64 valence electrons. The van der Waals surface area contributed by atoms with Crippen LogP contribution in [0.2, 0.25) is 0 Å². The van der Waals surface area contributed by atoms with Gasteiger partial charge in [0.2, 0.25) is 0 Å². The Bertz CT molecular complexity index is 138. The smallest absolute Gasteiger partial charge is 0.0618 e. The maximum atomic E-state index is 5.86. The van der Waals surface area contributed by atoms with E-state index in [0.29, 0.717) is 12.1 Å². The van der Waals surface area contributed by atoms with Crippen LogP contribution in [0.1, 0.15) is 32.1 Å². The minimum Gasteiger partial charge on any atom is -0.378 e. The molecule has 0 radical (unpaired) electrons. The molecule has 2 nitrogen and oxygen atoms in total. The van der Waals surface area contributed by atoms with E-state index in [9.17, 15) is 0 Å². The van der Waals surface area contributed by atoms with Crippen molar-refractivity contribution in [1.82, 2.24) is 0 Å². The molecule has 2 aliphatic rings. The molecule has 0 aromatic heterocycles. The third-order valence-electron chi connectivity index (χ3n) is 3.02. The standard InChI is InChI=1S/C9H17NO/c10-8-4-3-7-2-1-5-11-9(7)6-8/h7-9H,1-6,10H2. The molecule has 0 aromatic carbocycles. The van der Waals surface area contributed by atoms with Gasteiger partial charge in [-0.2, -0.15) is 0 Å². The van der Waals surface area contributed by atoms with E-state index in [1.807, 2.05) is 0 Å². The Morgan fingerprint density at radius 2 is 2.09 bits per heavy atom. The molecular formula is C9H17NO. The lowest BCUT2D eigenvalue weighted by Gasteiger charge is -2.37. The molecule has 3 atom stereocenters. The highest BCUT2D eigenvalue weighted by Gasteiger charge is 2.31. The monoisotopic (exact) mass is 155 g/mol. The molecule has 0 amide bonds. The second-order valence-corrected chi connectivity index (χ2v) is 3.88. The van der Waals surface area contributed by atoms with Gasteiger partial charge in [-0.3, -0.25) is 0 Å². The lowest BCUT2D eigenvalue weighted by Crippen LogP contribution is -2.40. The molecule has 1 aliphatic heterocycles. The summed E-state index contributed by atoms with van der Waals surface area (Å²) in [6.45, 7) is 0.966. The van der Waals surface area contributed by atoms with Crippen LogP contribution in [-0.2, 0) is 4.74 Å². The molecular weight excluding hydrogens is 138 g/mol. The summed E-state index contributed by atoms with van der Waals surface area (Å²) in [6, 6.07) is 0.411. The maximum Gasteiger partial charge on any atom is 0.0618 e. The number of ether oxygens (including phenoxy) is 1. The van der Waals surface area contributed by atoms with Gasteiger partial charge in [0.1, 0.15) is 0 Å². The van der Waals surface area contributed by atoms with Crippen LogP contribution in [0, 0.1) is 5.92 Å². The van der Waals surface area contributed by atoms with Gasteiger partial charge in [0.05, 0.1) is 6.10 Å². The zero-order valence-corrected chi connectivity index (χ0v) is 6.96. The summed E-state index contributed by atoms with van der Waals surface area (Å²) in [5.41, 5.74) is 5.86. The number of hydrogen-bond acceptors (Lipinski definition) is 2. The van der Waals surface area contributed by atoms with Crippen molar-refractivity contribution < 1.29 is 4.74 Å². The van der Waals surface area contributed by atoms with Gasteiger partial charge in [-0.25, -0.2) is 0 Å². The van der Waals surface area contributed by atoms with E-state index in [2.05, 4.69) is 0 Å². The zero-order chi connectivity index (χ0) is 7.68. The van der Waals surface area contributed by atoms with Crippen LogP contribution in [0.5, 0.6) is 0 Å². The number of fused-ring (bicyclic) bond motifs is 1. The zero-order valence-electron chi connectivity index (χ0n) is 6.96. The van der Waals surface area contributed by atoms with Gasteiger partial charge >= 0.3 is 0 Å². The number of nitrogens with two attached hydrogens (primary N) is 1. The molecule has 3 unspecified atom stereocenters. The fraction of sp³-hybridized carbons (Fsp3) is 1.00. The maximum absolute atomic E-state index is 5.86. The first-order valence-electron chi connectivity index (χ1n) is 4.73. The molecule has 1 heterocycles. The fourth-order valence-corrected chi connectivity index (χ4v) is 2.34. The molecule has 2 rings (SSSR count). The first kappa shape index (κ1) is 7.56. The van der Waals surface area contributed by atoms with Gasteiger partial charge in [0, 0.05) is 12.6 Å². The van der Waals surface area contributed by atoms with Crippen molar-refractivity contribution in [2.24, 2.45) is 11.7 Å². The Balaban J connectivity index is 1.93. The van der Waals surface area contributed by atoms with Crippen LogP contribution in [0.3, 0.4) is 0 Å². The summed E-state index contributed by atoms with van der Waals surface area (Å²) in [7, 11) is 0. The molecule has 0 spiro atoms. The van der Waals surface area contributed by atoms with Crippen LogP contribution in [0.15, 0.2) is 0 Å². The summed E-state index contributed by atoms with van der Waals surface area (Å²) in [6.07, 6.45) is 6.75.